The fourth-order valence-electron chi connectivity index (χ4n) is 5.24. The Balaban J connectivity index is 1.17. The predicted octanol–water partition coefficient (Wildman–Crippen LogP) is 1.89. The number of nitrogens with one attached hydrogen (secondary N) is 3. The van der Waals surface area contributed by atoms with E-state index in [1.807, 2.05) is 15.6 Å². The summed E-state index contributed by atoms with van der Waals surface area (Å²) >= 11 is 0. The highest BCUT2D eigenvalue weighted by Gasteiger charge is 2.57. The van der Waals surface area contributed by atoms with E-state index in [9.17, 15) is 4.79 Å². The van der Waals surface area contributed by atoms with Crippen molar-refractivity contribution in [2.24, 2.45) is 11.8 Å². The van der Waals surface area contributed by atoms with Gasteiger partial charge in [-0.05, 0) is 18.8 Å². The van der Waals surface area contributed by atoms with Crippen LogP contribution >= 0.6 is 0 Å². The van der Waals surface area contributed by atoms with Crippen LogP contribution in [0.3, 0.4) is 0 Å². The average Bonchev–Trinajstić information content (AvgIpc) is 3.12. The number of rotatable bonds is 6. The van der Waals surface area contributed by atoms with Crippen LogP contribution in [-0.2, 0) is 9.47 Å². The van der Waals surface area contributed by atoms with Crippen LogP contribution in [0.25, 0.3) is 5.65 Å². The summed E-state index contributed by atoms with van der Waals surface area (Å²) in [5, 5.41) is 15.1. The summed E-state index contributed by atoms with van der Waals surface area (Å²) in [6.45, 7) is 8.94. The summed E-state index contributed by atoms with van der Waals surface area (Å²) < 4.78 is 13.0. The number of piperidine rings is 1. The second-order valence-corrected chi connectivity index (χ2v) is 10.1. The van der Waals surface area contributed by atoms with Crippen LogP contribution in [0, 0.1) is 11.8 Å². The first-order valence-corrected chi connectivity index (χ1v) is 12.2. The fourth-order valence-corrected chi connectivity index (χ4v) is 5.24. The van der Waals surface area contributed by atoms with E-state index < -0.39 is 0 Å². The number of fused-ring (bicyclic) bond motifs is 2. The third-order valence-electron chi connectivity index (χ3n) is 7.47. The van der Waals surface area contributed by atoms with Gasteiger partial charge in [0.05, 0.1) is 6.20 Å². The molecule has 1 saturated carbocycles. The molecule has 2 atom stereocenters. The van der Waals surface area contributed by atoms with Gasteiger partial charge in [-0.25, -0.2) is 9.78 Å². The number of likely N-dealkylation sites (tertiary alicyclic amines) is 1. The van der Waals surface area contributed by atoms with E-state index in [-0.39, 0.29) is 12.2 Å². The van der Waals surface area contributed by atoms with E-state index >= 15 is 0 Å². The highest BCUT2D eigenvalue weighted by molar-refractivity contribution is 5.69. The number of aromatic nitrogens is 3. The molecule has 33 heavy (non-hydrogen) atoms. The van der Waals surface area contributed by atoms with Crippen molar-refractivity contribution in [1.82, 2.24) is 24.8 Å². The van der Waals surface area contributed by atoms with Crippen LogP contribution in [0.5, 0.6) is 0 Å². The van der Waals surface area contributed by atoms with Gasteiger partial charge < -0.3 is 30.3 Å². The van der Waals surface area contributed by atoms with Crippen LogP contribution < -0.4 is 16.0 Å². The molecule has 0 aromatic carbocycles. The Morgan fingerprint density at radius 3 is 2.64 bits per heavy atom. The van der Waals surface area contributed by atoms with Crippen LogP contribution in [0.15, 0.2) is 12.3 Å². The average molecular weight is 456 g/mol. The number of hydrogen-bond donors (Lipinski definition) is 3. The first kappa shape index (κ1) is 21.0. The van der Waals surface area contributed by atoms with Gasteiger partial charge in [-0.3, -0.25) is 0 Å². The van der Waals surface area contributed by atoms with Crippen molar-refractivity contribution in [2.45, 2.75) is 50.8 Å². The molecule has 1 aliphatic carbocycles. The van der Waals surface area contributed by atoms with Gasteiger partial charge in [0.2, 0.25) is 0 Å². The molecule has 6 rings (SSSR count). The monoisotopic (exact) mass is 455 g/mol. The van der Waals surface area contributed by atoms with Crippen LogP contribution in [0.4, 0.5) is 16.4 Å². The molecule has 2 aromatic rings. The van der Waals surface area contributed by atoms with Gasteiger partial charge in [0.15, 0.2) is 5.65 Å². The molecule has 0 radical (unpaired) electrons. The molecule has 4 aliphatic rings. The third-order valence-corrected chi connectivity index (χ3v) is 7.47. The third kappa shape index (κ3) is 3.99. The van der Waals surface area contributed by atoms with E-state index in [0.29, 0.717) is 29.8 Å². The molecule has 10 nitrogen and oxygen atoms in total. The largest absolute Gasteiger partial charge is 0.443 e. The summed E-state index contributed by atoms with van der Waals surface area (Å²) in [5.74, 6) is 3.08. The van der Waals surface area contributed by atoms with Crippen LogP contribution in [0.1, 0.15) is 38.2 Å². The number of carbonyl (C=O) groups excluding carboxylic acids is 1. The maximum atomic E-state index is 12.4. The molecule has 4 fully saturated rings. The summed E-state index contributed by atoms with van der Waals surface area (Å²) in [7, 11) is 0. The summed E-state index contributed by atoms with van der Waals surface area (Å²) in [5.41, 5.74) is 2.04. The maximum absolute atomic E-state index is 12.4. The molecule has 2 aromatic heterocycles. The Morgan fingerprint density at radius 2 is 1.97 bits per heavy atom. The van der Waals surface area contributed by atoms with E-state index in [1.165, 1.54) is 0 Å². The number of carbonyl (C=O) groups is 1. The lowest BCUT2D eigenvalue weighted by Gasteiger charge is -2.29. The van der Waals surface area contributed by atoms with Crippen molar-refractivity contribution in [2.75, 3.05) is 50.0 Å². The lowest BCUT2D eigenvalue weighted by Crippen LogP contribution is -2.51. The number of amides is 1. The Hall–Kier alpha value is -2.59. The van der Waals surface area contributed by atoms with Crippen molar-refractivity contribution < 1.29 is 14.3 Å². The van der Waals surface area contributed by atoms with E-state index in [1.54, 1.807) is 0 Å². The summed E-state index contributed by atoms with van der Waals surface area (Å²) in [6.07, 6.45) is 3.76. The van der Waals surface area contributed by atoms with Gasteiger partial charge in [-0.1, -0.05) is 13.8 Å². The van der Waals surface area contributed by atoms with Crippen molar-refractivity contribution in [1.29, 1.82) is 0 Å². The smallest absolute Gasteiger partial charge is 0.410 e. The first-order chi connectivity index (χ1) is 16.1. The number of nitrogens with zero attached hydrogens (tertiary/aromatic N) is 4. The van der Waals surface area contributed by atoms with Gasteiger partial charge in [-0.15, -0.1) is 0 Å². The molecule has 178 valence electrons. The Kier molecular flexibility index (Phi) is 5.29. The van der Waals surface area contributed by atoms with Crippen molar-refractivity contribution >= 4 is 23.4 Å². The zero-order valence-corrected chi connectivity index (χ0v) is 19.3. The van der Waals surface area contributed by atoms with Crippen LogP contribution in [0.2, 0.25) is 0 Å². The predicted molar refractivity (Wildman–Crippen MR) is 124 cm³/mol. The molecule has 2 unspecified atom stereocenters. The number of ether oxygens (including phenoxy) is 2. The van der Waals surface area contributed by atoms with Crippen LogP contribution in [-0.4, -0.2) is 83.2 Å². The zero-order valence-electron chi connectivity index (χ0n) is 19.3. The quantitative estimate of drug-likeness (QED) is 0.607. The molecule has 3 saturated heterocycles. The Labute approximate surface area is 193 Å². The minimum Gasteiger partial charge on any atom is -0.443 e. The molecule has 0 bridgehead atoms. The standard InChI is InChI=1S/C23H33N7O3/c1-13(2)16-10-25-30-20(7-19(27-22(16)30)26-14-3-5-32-6-4-14)28-21-17-11-29(12-18(17)21)23(31)33-15-8-24-9-15/h7,10,13-15,17-18,21,24,28H,3-6,8-9,11-12H2,1-2H3,(H,26,27). The van der Waals surface area contributed by atoms with Crippen molar-refractivity contribution in [3.8, 4) is 0 Å². The van der Waals surface area contributed by atoms with Gasteiger partial charge in [0.1, 0.15) is 17.7 Å². The highest BCUT2D eigenvalue weighted by Crippen LogP contribution is 2.47. The lowest BCUT2D eigenvalue weighted by atomic mass is 10.1. The second-order valence-electron chi connectivity index (χ2n) is 10.1. The van der Waals surface area contributed by atoms with Gasteiger partial charge in [-0.2, -0.15) is 9.61 Å². The SMILES string of the molecule is CC(C)c1cnn2c(NC3C4CN(C(=O)OC5CNC5)CC43)cc(NC3CCOCC3)nc12. The van der Waals surface area contributed by atoms with Gasteiger partial charge in [0.25, 0.3) is 0 Å². The topological polar surface area (TPSA) is 105 Å². The molecular weight excluding hydrogens is 422 g/mol. The number of hydrogen-bond acceptors (Lipinski definition) is 8. The lowest BCUT2D eigenvalue weighted by molar-refractivity contribution is 0.0414. The van der Waals surface area contributed by atoms with Crippen molar-refractivity contribution in [3.05, 3.63) is 17.8 Å². The number of anilines is 2. The Bertz CT molecular complexity index is 1020. The molecule has 5 heterocycles. The minimum absolute atomic E-state index is 0.0325. The maximum Gasteiger partial charge on any atom is 0.410 e. The molecule has 3 N–H and O–H groups in total. The summed E-state index contributed by atoms with van der Waals surface area (Å²) in [6, 6.07) is 2.79. The van der Waals surface area contributed by atoms with E-state index in [2.05, 4.69) is 41.0 Å². The highest BCUT2D eigenvalue weighted by atomic mass is 16.6. The normalized spacial score (nSPS) is 27.5. The molecule has 1 amide bonds. The zero-order chi connectivity index (χ0) is 22.5. The molecular formula is C23H33N7O3. The second kappa shape index (κ2) is 8.32. The minimum atomic E-state index is -0.171. The molecule has 0 spiro atoms. The summed E-state index contributed by atoms with van der Waals surface area (Å²) in [4.78, 5) is 19.2. The van der Waals surface area contributed by atoms with E-state index in [0.717, 1.165) is 75.1 Å². The molecule has 10 heteroatoms. The van der Waals surface area contributed by atoms with E-state index in [4.69, 9.17) is 14.5 Å². The van der Waals surface area contributed by atoms with Gasteiger partial charge >= 0.3 is 6.09 Å². The van der Waals surface area contributed by atoms with Crippen molar-refractivity contribution in [3.63, 3.8) is 0 Å². The van der Waals surface area contributed by atoms with Gasteiger partial charge in [0, 0.05) is 74.9 Å². The fraction of sp³-hybridized carbons (Fsp3) is 0.696. The molecule has 3 aliphatic heterocycles. The first-order valence-electron chi connectivity index (χ1n) is 12.2. The Morgan fingerprint density at radius 1 is 1.21 bits per heavy atom.